The minimum absolute atomic E-state index is 0.0192. The molecule has 6 nitrogen and oxygen atoms in total. The molecule has 0 radical (unpaired) electrons. The Morgan fingerprint density at radius 3 is 2.25 bits per heavy atom. The molecule has 0 fully saturated rings. The monoisotopic (exact) mass is 356 g/mol. The Balaban J connectivity index is 2.45. The lowest BCUT2D eigenvalue weighted by Gasteiger charge is -2.20. The lowest BCUT2D eigenvalue weighted by molar-refractivity contribution is -0.143. The van der Waals surface area contributed by atoms with Crippen LogP contribution in [0.5, 0.6) is 0 Å². The fraction of sp³-hybridized carbons (Fsp3) is 0.438. The van der Waals surface area contributed by atoms with E-state index in [1.165, 1.54) is 24.3 Å². The van der Waals surface area contributed by atoms with Crippen molar-refractivity contribution >= 4 is 35.2 Å². The number of amides is 2. The van der Waals surface area contributed by atoms with E-state index in [4.69, 9.17) is 5.11 Å². The average molecular weight is 356 g/mol. The summed E-state index contributed by atoms with van der Waals surface area (Å²) in [5, 5.41) is 13.5. The summed E-state index contributed by atoms with van der Waals surface area (Å²) in [6, 6.07) is 4.38. The molecule has 2 atom stereocenters. The van der Waals surface area contributed by atoms with Crippen LogP contribution >= 0.6 is 11.8 Å². The van der Waals surface area contributed by atoms with Crippen molar-refractivity contribution in [2.45, 2.75) is 32.1 Å². The minimum Gasteiger partial charge on any atom is -0.480 e. The summed E-state index contributed by atoms with van der Waals surface area (Å²) in [5.41, 5.74) is 0.463. The molecule has 8 heteroatoms. The first-order valence-corrected chi connectivity index (χ1v) is 8.45. The first-order chi connectivity index (χ1) is 11.2. The number of thioether (sulfide) groups is 1. The zero-order chi connectivity index (χ0) is 18.3. The summed E-state index contributed by atoms with van der Waals surface area (Å²) >= 11 is 1.09. The number of aliphatic carboxylic acids is 1. The molecule has 0 heterocycles. The largest absolute Gasteiger partial charge is 0.480 e. The molecule has 24 heavy (non-hydrogen) atoms. The van der Waals surface area contributed by atoms with Crippen LogP contribution in [0.3, 0.4) is 0 Å². The highest BCUT2D eigenvalue weighted by molar-refractivity contribution is 8.01. The average Bonchev–Trinajstić information content (AvgIpc) is 2.51. The van der Waals surface area contributed by atoms with E-state index in [-0.39, 0.29) is 17.6 Å². The third kappa shape index (κ3) is 6.57. The molecular weight excluding hydrogens is 335 g/mol. The van der Waals surface area contributed by atoms with Crippen LogP contribution in [-0.2, 0) is 14.4 Å². The zero-order valence-corrected chi connectivity index (χ0v) is 14.5. The molecule has 0 bridgehead atoms. The van der Waals surface area contributed by atoms with Crippen molar-refractivity contribution in [3.8, 4) is 0 Å². The summed E-state index contributed by atoms with van der Waals surface area (Å²) in [4.78, 5) is 34.9. The molecule has 0 saturated heterocycles. The van der Waals surface area contributed by atoms with Gasteiger partial charge in [0.25, 0.3) is 0 Å². The molecule has 0 spiro atoms. The SMILES string of the molecule is CC(SCC(=O)Nc1ccc(F)cc1)C(=O)NC(C(=O)O)C(C)C. The molecule has 1 aromatic rings. The van der Waals surface area contributed by atoms with E-state index in [0.717, 1.165) is 11.8 Å². The predicted octanol–water partition coefficient (Wildman–Crippen LogP) is 2.11. The number of nitrogens with one attached hydrogen (secondary N) is 2. The first kappa shape index (κ1) is 20.0. The molecule has 0 aliphatic heterocycles. The van der Waals surface area contributed by atoms with Crippen LogP contribution in [0.2, 0.25) is 0 Å². The Kier molecular flexibility index (Phi) is 7.70. The van der Waals surface area contributed by atoms with Gasteiger partial charge in [-0.25, -0.2) is 9.18 Å². The fourth-order valence-corrected chi connectivity index (χ4v) is 2.48. The predicted molar refractivity (Wildman–Crippen MR) is 91.4 cm³/mol. The zero-order valence-electron chi connectivity index (χ0n) is 13.7. The van der Waals surface area contributed by atoms with Gasteiger partial charge in [0.1, 0.15) is 11.9 Å². The van der Waals surface area contributed by atoms with Crippen molar-refractivity contribution < 1.29 is 23.9 Å². The minimum atomic E-state index is -1.09. The second kappa shape index (κ2) is 9.27. The molecule has 0 saturated carbocycles. The molecule has 0 aromatic heterocycles. The molecule has 3 N–H and O–H groups in total. The van der Waals surface area contributed by atoms with Gasteiger partial charge in [-0.2, -0.15) is 0 Å². The summed E-state index contributed by atoms with van der Waals surface area (Å²) in [6.45, 7) is 5.00. The second-order valence-electron chi connectivity index (χ2n) is 5.58. The van der Waals surface area contributed by atoms with E-state index < -0.39 is 29.0 Å². The number of benzene rings is 1. The quantitative estimate of drug-likeness (QED) is 0.663. The van der Waals surface area contributed by atoms with Gasteiger partial charge in [0.05, 0.1) is 11.0 Å². The van der Waals surface area contributed by atoms with E-state index in [2.05, 4.69) is 10.6 Å². The Hall–Kier alpha value is -2.09. The number of hydrogen-bond donors (Lipinski definition) is 3. The molecule has 1 rings (SSSR count). The lowest BCUT2D eigenvalue weighted by atomic mass is 10.0. The van der Waals surface area contributed by atoms with Gasteiger partial charge in [-0.15, -0.1) is 11.8 Å². The van der Waals surface area contributed by atoms with E-state index >= 15 is 0 Å². The van der Waals surface area contributed by atoms with Gasteiger partial charge in [0.15, 0.2) is 0 Å². The molecular formula is C16H21FN2O4S. The van der Waals surface area contributed by atoms with E-state index in [0.29, 0.717) is 5.69 Å². The maximum absolute atomic E-state index is 12.8. The Bertz CT molecular complexity index is 592. The van der Waals surface area contributed by atoms with Crippen LogP contribution < -0.4 is 10.6 Å². The fourth-order valence-electron chi connectivity index (χ4n) is 1.79. The van der Waals surface area contributed by atoms with E-state index in [1.54, 1.807) is 20.8 Å². The van der Waals surface area contributed by atoms with Crippen molar-refractivity contribution in [3.05, 3.63) is 30.1 Å². The standard InChI is InChI=1S/C16H21FN2O4S/c1-9(2)14(16(22)23)19-15(21)10(3)24-8-13(20)18-12-6-4-11(17)5-7-12/h4-7,9-10,14H,8H2,1-3H3,(H,18,20)(H,19,21)(H,22,23). The van der Waals surface area contributed by atoms with Gasteiger partial charge >= 0.3 is 5.97 Å². The highest BCUT2D eigenvalue weighted by atomic mass is 32.2. The summed E-state index contributed by atoms with van der Waals surface area (Å²) < 4.78 is 12.8. The third-order valence-electron chi connectivity index (χ3n) is 3.19. The van der Waals surface area contributed by atoms with Crippen LogP contribution in [0.15, 0.2) is 24.3 Å². The van der Waals surface area contributed by atoms with Gasteiger partial charge in [-0.3, -0.25) is 9.59 Å². The first-order valence-electron chi connectivity index (χ1n) is 7.41. The van der Waals surface area contributed by atoms with Gasteiger partial charge < -0.3 is 15.7 Å². The van der Waals surface area contributed by atoms with Gasteiger partial charge in [0, 0.05) is 5.69 Å². The summed E-state index contributed by atoms with van der Waals surface area (Å²) in [5.74, 6) is -2.48. The Labute approximate surface area is 144 Å². The van der Waals surface area contributed by atoms with Gasteiger partial charge in [-0.05, 0) is 37.1 Å². The third-order valence-corrected chi connectivity index (χ3v) is 4.34. The van der Waals surface area contributed by atoms with Crippen molar-refractivity contribution in [1.82, 2.24) is 5.32 Å². The summed E-state index contributed by atoms with van der Waals surface area (Å²) in [6.07, 6.45) is 0. The number of hydrogen-bond acceptors (Lipinski definition) is 4. The lowest BCUT2D eigenvalue weighted by Crippen LogP contribution is -2.47. The topological polar surface area (TPSA) is 95.5 Å². The second-order valence-corrected chi connectivity index (χ2v) is 6.91. The number of anilines is 1. The highest BCUT2D eigenvalue weighted by Crippen LogP contribution is 2.14. The van der Waals surface area contributed by atoms with Crippen LogP contribution in [-0.4, -0.2) is 39.9 Å². The molecule has 1 aromatic carbocycles. The summed E-state index contributed by atoms with van der Waals surface area (Å²) in [7, 11) is 0. The molecule has 2 amide bonds. The molecule has 132 valence electrons. The Morgan fingerprint density at radius 1 is 1.17 bits per heavy atom. The number of carboxylic acids is 1. The van der Waals surface area contributed by atoms with E-state index in [9.17, 15) is 18.8 Å². The van der Waals surface area contributed by atoms with Gasteiger partial charge in [-0.1, -0.05) is 13.8 Å². The van der Waals surface area contributed by atoms with Crippen molar-refractivity contribution in [2.24, 2.45) is 5.92 Å². The number of carbonyl (C=O) groups excluding carboxylic acids is 2. The smallest absolute Gasteiger partial charge is 0.326 e. The van der Waals surface area contributed by atoms with Crippen molar-refractivity contribution in [3.63, 3.8) is 0 Å². The number of halogens is 1. The molecule has 0 aliphatic carbocycles. The molecule has 0 aliphatic rings. The normalized spacial score (nSPS) is 13.2. The van der Waals surface area contributed by atoms with Crippen LogP contribution in [0.1, 0.15) is 20.8 Å². The van der Waals surface area contributed by atoms with Crippen molar-refractivity contribution in [1.29, 1.82) is 0 Å². The number of rotatable bonds is 8. The number of carbonyl (C=O) groups is 3. The number of carboxylic acid groups (broad SMARTS) is 1. The van der Waals surface area contributed by atoms with Crippen molar-refractivity contribution in [2.75, 3.05) is 11.1 Å². The maximum atomic E-state index is 12.8. The van der Waals surface area contributed by atoms with Crippen LogP contribution in [0.25, 0.3) is 0 Å². The van der Waals surface area contributed by atoms with E-state index in [1.807, 2.05) is 0 Å². The van der Waals surface area contributed by atoms with Gasteiger partial charge in [0.2, 0.25) is 11.8 Å². The maximum Gasteiger partial charge on any atom is 0.326 e. The van der Waals surface area contributed by atoms with Crippen LogP contribution in [0.4, 0.5) is 10.1 Å². The van der Waals surface area contributed by atoms with Crippen LogP contribution in [0, 0.1) is 11.7 Å². The highest BCUT2D eigenvalue weighted by Gasteiger charge is 2.26. The Morgan fingerprint density at radius 2 is 1.75 bits per heavy atom. The molecule has 2 unspecified atom stereocenters.